The molecule has 0 fully saturated rings. The zero-order valence-electron chi connectivity index (χ0n) is 6.18. The highest BCUT2D eigenvalue weighted by molar-refractivity contribution is 4.75. The Balaban J connectivity index is 0.000000127. The van der Waals surface area contributed by atoms with E-state index < -0.39 is 0 Å². The lowest BCUT2D eigenvalue weighted by Gasteiger charge is -1.72. The maximum Gasteiger partial charge on any atom is 0.344 e. The molecule has 0 saturated carbocycles. The van der Waals surface area contributed by atoms with E-state index >= 15 is 0 Å². The second-order valence-electron chi connectivity index (χ2n) is 1.78. The van der Waals surface area contributed by atoms with Crippen LogP contribution in [0, 0.1) is 0 Å². The molecule has 0 amide bonds. The average Bonchev–Trinajstić information content (AvgIpc) is 2.62. The molecule has 0 atom stereocenters. The molecule has 0 spiro atoms. The van der Waals surface area contributed by atoms with E-state index in [9.17, 15) is 4.79 Å². The fraction of sp³-hybridized carbons (Fsp3) is 0. The first-order chi connectivity index (χ1) is 5.89. The van der Waals surface area contributed by atoms with E-state index in [0.717, 1.165) is 0 Å². The van der Waals surface area contributed by atoms with E-state index in [4.69, 9.17) is 0 Å². The van der Waals surface area contributed by atoms with Crippen LogP contribution in [0.4, 0.5) is 0 Å². The summed E-state index contributed by atoms with van der Waals surface area (Å²) in [6.45, 7) is 0. The molecule has 0 unspecified atom stereocenters. The molecule has 0 aliphatic heterocycles. The maximum atomic E-state index is 10.1. The topological polar surface area (TPSA) is 71.8 Å². The molecule has 0 bridgehead atoms. The van der Waals surface area contributed by atoms with Crippen molar-refractivity contribution in [2.24, 2.45) is 0 Å². The zero-order valence-corrected chi connectivity index (χ0v) is 6.18. The molecular formula is C7H7N3O2. The molecule has 1 N–H and O–H groups in total. The molecule has 5 heteroatoms. The third-order valence-corrected chi connectivity index (χ3v) is 0.928. The Kier molecular flexibility index (Phi) is 3.30. The Hall–Kier alpha value is -1.91. The minimum atomic E-state index is -0.303. The Morgan fingerprint density at radius 2 is 2.25 bits per heavy atom. The largest absolute Gasteiger partial charge is 0.365 e. The lowest BCUT2D eigenvalue weighted by atomic mass is 10.7. The molecule has 0 aromatic carbocycles. The lowest BCUT2D eigenvalue weighted by molar-refractivity contribution is 0.420. The van der Waals surface area contributed by atoms with Crippen LogP contribution in [-0.4, -0.2) is 15.1 Å². The lowest BCUT2D eigenvalue weighted by Crippen LogP contribution is -2.05. The molecule has 0 aliphatic rings. The Morgan fingerprint density at radius 1 is 1.33 bits per heavy atom. The molecule has 2 aromatic rings. The first kappa shape index (κ1) is 8.19. The van der Waals surface area contributed by atoms with Crippen LogP contribution < -0.4 is 5.69 Å². The Morgan fingerprint density at radius 3 is 2.50 bits per heavy atom. The quantitative estimate of drug-likeness (QED) is 0.615. The summed E-state index contributed by atoms with van der Waals surface area (Å²) in [5, 5.41) is 3.35. The van der Waals surface area contributed by atoms with Gasteiger partial charge in [-0.25, -0.2) is 9.78 Å². The van der Waals surface area contributed by atoms with Crippen LogP contribution in [0.5, 0.6) is 0 Å². The first-order valence-electron chi connectivity index (χ1n) is 3.23. The SMILES string of the molecule is O=c1nccc[nH]1.c1cnoc1. The van der Waals surface area contributed by atoms with Crippen LogP contribution >= 0.6 is 0 Å². The van der Waals surface area contributed by atoms with Gasteiger partial charge in [0, 0.05) is 12.4 Å². The molecule has 5 nitrogen and oxygen atoms in total. The van der Waals surface area contributed by atoms with E-state index in [1.165, 1.54) is 18.7 Å². The number of aromatic amines is 1. The van der Waals surface area contributed by atoms with E-state index in [1.54, 1.807) is 18.3 Å². The van der Waals surface area contributed by atoms with Gasteiger partial charge in [0.2, 0.25) is 0 Å². The summed E-state index contributed by atoms with van der Waals surface area (Å²) in [5.74, 6) is 0. The van der Waals surface area contributed by atoms with Gasteiger partial charge in [0.05, 0.1) is 6.20 Å². The van der Waals surface area contributed by atoms with Gasteiger partial charge in [-0.3, -0.25) is 0 Å². The minimum absolute atomic E-state index is 0.303. The van der Waals surface area contributed by atoms with E-state index in [2.05, 4.69) is 19.6 Å². The second kappa shape index (κ2) is 4.84. The van der Waals surface area contributed by atoms with Crippen molar-refractivity contribution in [1.82, 2.24) is 15.1 Å². The van der Waals surface area contributed by atoms with Gasteiger partial charge in [-0.15, -0.1) is 0 Å². The van der Waals surface area contributed by atoms with Gasteiger partial charge in [0.15, 0.2) is 0 Å². The molecule has 62 valence electrons. The van der Waals surface area contributed by atoms with Crippen molar-refractivity contribution in [3.05, 3.63) is 47.5 Å². The summed E-state index contributed by atoms with van der Waals surface area (Å²) in [6, 6.07) is 3.38. The van der Waals surface area contributed by atoms with Gasteiger partial charge in [0.25, 0.3) is 0 Å². The van der Waals surface area contributed by atoms with Gasteiger partial charge in [0.1, 0.15) is 6.26 Å². The van der Waals surface area contributed by atoms with Gasteiger partial charge >= 0.3 is 5.69 Å². The van der Waals surface area contributed by atoms with Crippen molar-refractivity contribution in [2.75, 3.05) is 0 Å². The van der Waals surface area contributed by atoms with Crippen LogP contribution in [0.2, 0.25) is 0 Å². The number of hydrogen-bond donors (Lipinski definition) is 1. The summed E-state index contributed by atoms with van der Waals surface area (Å²) in [5.41, 5.74) is -0.303. The smallest absolute Gasteiger partial charge is 0.344 e. The predicted molar refractivity (Wildman–Crippen MR) is 41.4 cm³/mol. The standard InChI is InChI=1S/C4H4N2O.C3H3NO/c7-4-5-2-1-3-6-4;1-2-4-5-3-1/h1-3H,(H,5,6,7);1-3H. The number of rotatable bonds is 0. The molecule has 0 saturated heterocycles. The third-order valence-electron chi connectivity index (χ3n) is 0.928. The predicted octanol–water partition coefficient (Wildman–Crippen LogP) is 0.445. The highest BCUT2D eigenvalue weighted by atomic mass is 16.5. The third kappa shape index (κ3) is 3.31. The summed E-state index contributed by atoms with van der Waals surface area (Å²) in [4.78, 5) is 15.8. The first-order valence-corrected chi connectivity index (χ1v) is 3.23. The number of nitrogens with one attached hydrogen (secondary N) is 1. The summed E-state index contributed by atoms with van der Waals surface area (Å²) in [6.07, 6.45) is 6.08. The van der Waals surface area contributed by atoms with Crippen LogP contribution in [-0.2, 0) is 0 Å². The van der Waals surface area contributed by atoms with Crippen molar-refractivity contribution in [1.29, 1.82) is 0 Å². The maximum absolute atomic E-state index is 10.1. The number of nitrogens with zero attached hydrogens (tertiary/aromatic N) is 2. The fourth-order valence-corrected chi connectivity index (χ4v) is 0.486. The Labute approximate surface area is 68.1 Å². The summed E-state index contributed by atoms with van der Waals surface area (Å²) in [7, 11) is 0. The van der Waals surface area contributed by atoms with Crippen molar-refractivity contribution in [3.63, 3.8) is 0 Å². The monoisotopic (exact) mass is 165 g/mol. The van der Waals surface area contributed by atoms with E-state index in [1.807, 2.05) is 0 Å². The van der Waals surface area contributed by atoms with Gasteiger partial charge in [-0.1, -0.05) is 5.16 Å². The average molecular weight is 165 g/mol. The molecule has 12 heavy (non-hydrogen) atoms. The molecule has 0 radical (unpaired) electrons. The van der Waals surface area contributed by atoms with Crippen LogP contribution in [0.15, 0.2) is 46.3 Å². The molecule has 0 aliphatic carbocycles. The van der Waals surface area contributed by atoms with E-state index in [0.29, 0.717) is 0 Å². The van der Waals surface area contributed by atoms with Crippen molar-refractivity contribution in [2.45, 2.75) is 0 Å². The normalized spacial score (nSPS) is 8.33. The number of H-pyrrole nitrogens is 1. The van der Waals surface area contributed by atoms with Crippen molar-refractivity contribution in [3.8, 4) is 0 Å². The zero-order chi connectivity index (χ0) is 8.65. The minimum Gasteiger partial charge on any atom is -0.365 e. The number of aromatic nitrogens is 3. The highest BCUT2D eigenvalue weighted by Crippen LogP contribution is 1.72. The van der Waals surface area contributed by atoms with Crippen molar-refractivity contribution >= 4 is 0 Å². The fourth-order valence-electron chi connectivity index (χ4n) is 0.486. The van der Waals surface area contributed by atoms with Crippen molar-refractivity contribution < 1.29 is 4.52 Å². The molecule has 2 rings (SSSR count). The van der Waals surface area contributed by atoms with Gasteiger partial charge < -0.3 is 9.51 Å². The van der Waals surface area contributed by atoms with Gasteiger partial charge in [-0.2, -0.15) is 0 Å². The summed E-state index contributed by atoms with van der Waals surface area (Å²) >= 11 is 0. The van der Waals surface area contributed by atoms with Crippen LogP contribution in [0.3, 0.4) is 0 Å². The van der Waals surface area contributed by atoms with Crippen LogP contribution in [0.1, 0.15) is 0 Å². The second-order valence-corrected chi connectivity index (χ2v) is 1.78. The molecule has 2 aromatic heterocycles. The molecule has 2 heterocycles. The van der Waals surface area contributed by atoms with Gasteiger partial charge in [-0.05, 0) is 12.1 Å². The number of hydrogen-bond acceptors (Lipinski definition) is 4. The summed E-state index contributed by atoms with van der Waals surface area (Å²) < 4.78 is 4.33. The van der Waals surface area contributed by atoms with Crippen LogP contribution in [0.25, 0.3) is 0 Å². The Bertz CT molecular complexity index is 307. The molecular weight excluding hydrogens is 158 g/mol. The van der Waals surface area contributed by atoms with E-state index in [-0.39, 0.29) is 5.69 Å². The highest BCUT2D eigenvalue weighted by Gasteiger charge is 1.70.